The summed E-state index contributed by atoms with van der Waals surface area (Å²) in [5, 5.41) is 19.5. The van der Waals surface area contributed by atoms with E-state index in [4.69, 9.17) is 14.0 Å². The lowest BCUT2D eigenvalue weighted by atomic mass is 10.0. The van der Waals surface area contributed by atoms with Crippen molar-refractivity contribution in [3.05, 3.63) is 65.3 Å². The monoisotopic (exact) mass is 703 g/mol. The highest BCUT2D eigenvalue weighted by atomic mass is 32.2. The number of sulfonamides is 1. The van der Waals surface area contributed by atoms with Gasteiger partial charge < -0.3 is 34.6 Å². The normalized spacial score (nSPS) is 20.2. The largest absolute Gasteiger partial charge is 0.490 e. The van der Waals surface area contributed by atoms with Crippen LogP contribution in [0.4, 0.5) is 20.6 Å². The summed E-state index contributed by atoms with van der Waals surface area (Å²) < 4.78 is 59.0. The number of benzene rings is 2. The van der Waals surface area contributed by atoms with Gasteiger partial charge in [0.15, 0.2) is 5.76 Å². The predicted octanol–water partition coefficient (Wildman–Crippen LogP) is 5.19. The molecular formula is C34H46FN5O8S. The van der Waals surface area contributed by atoms with E-state index in [0.29, 0.717) is 48.0 Å². The van der Waals surface area contributed by atoms with Crippen molar-refractivity contribution in [1.82, 2.24) is 14.4 Å². The molecule has 4 rings (SSSR count). The molecule has 0 unspecified atom stereocenters. The number of aryl methyl sites for hydroxylation is 2. The van der Waals surface area contributed by atoms with Crippen LogP contribution in [-0.4, -0.2) is 91.4 Å². The molecule has 1 aliphatic rings. The van der Waals surface area contributed by atoms with Crippen LogP contribution < -0.4 is 15.4 Å². The predicted molar refractivity (Wildman–Crippen MR) is 182 cm³/mol. The van der Waals surface area contributed by atoms with Crippen molar-refractivity contribution in [3.8, 4) is 5.75 Å². The van der Waals surface area contributed by atoms with Gasteiger partial charge in [-0.3, -0.25) is 4.79 Å². The van der Waals surface area contributed by atoms with Gasteiger partial charge in [-0.25, -0.2) is 17.6 Å². The molecule has 0 saturated carbocycles. The van der Waals surface area contributed by atoms with Crippen LogP contribution >= 0.6 is 0 Å². The van der Waals surface area contributed by atoms with Crippen molar-refractivity contribution in [2.75, 3.05) is 44.0 Å². The lowest BCUT2D eigenvalue weighted by Gasteiger charge is -2.35. The Hall–Kier alpha value is -4.05. The van der Waals surface area contributed by atoms with Crippen LogP contribution in [0.15, 0.2) is 51.9 Å². The zero-order chi connectivity index (χ0) is 35.9. The summed E-state index contributed by atoms with van der Waals surface area (Å²) in [6.45, 7) is 8.94. The first-order chi connectivity index (χ1) is 23.2. The van der Waals surface area contributed by atoms with Crippen LogP contribution in [0.5, 0.6) is 5.75 Å². The summed E-state index contributed by atoms with van der Waals surface area (Å²) in [7, 11) is -2.53. The maximum atomic E-state index is 14.4. The molecule has 1 aromatic heterocycles. The third kappa shape index (κ3) is 9.56. The zero-order valence-corrected chi connectivity index (χ0v) is 29.5. The minimum Gasteiger partial charge on any atom is -0.490 e. The number of anilines is 2. The molecular weight excluding hydrogens is 657 g/mol. The van der Waals surface area contributed by atoms with Gasteiger partial charge in [0.25, 0.3) is 5.91 Å². The van der Waals surface area contributed by atoms with Crippen LogP contribution in [0.2, 0.25) is 0 Å². The maximum absolute atomic E-state index is 14.4. The highest BCUT2D eigenvalue weighted by Gasteiger charge is 2.32. The number of nitrogens with one attached hydrogen (secondary N) is 2. The Morgan fingerprint density at radius 2 is 1.86 bits per heavy atom. The van der Waals surface area contributed by atoms with Crippen LogP contribution in [0.3, 0.4) is 0 Å². The van der Waals surface area contributed by atoms with Gasteiger partial charge in [-0.2, -0.15) is 4.31 Å². The lowest BCUT2D eigenvalue weighted by molar-refractivity contribution is -0.00834. The molecule has 0 aliphatic carbocycles. The molecule has 3 amide bonds. The molecule has 3 N–H and O–H groups in total. The Bertz CT molecular complexity index is 1680. The molecule has 4 atom stereocenters. The van der Waals surface area contributed by atoms with E-state index in [0.717, 1.165) is 18.6 Å². The Morgan fingerprint density at radius 1 is 1.14 bits per heavy atom. The first-order valence-electron chi connectivity index (χ1n) is 16.3. The number of likely N-dealkylation sites (N-methyl/N-ethyl adjacent to an activating group) is 1. The van der Waals surface area contributed by atoms with Gasteiger partial charge in [0.05, 0.1) is 35.3 Å². The number of urea groups is 1. The van der Waals surface area contributed by atoms with Crippen molar-refractivity contribution >= 4 is 33.3 Å². The zero-order valence-electron chi connectivity index (χ0n) is 28.7. The second kappa shape index (κ2) is 16.6. The highest BCUT2D eigenvalue weighted by molar-refractivity contribution is 7.89. The van der Waals surface area contributed by atoms with E-state index in [1.165, 1.54) is 34.5 Å². The molecule has 268 valence electrons. The average Bonchev–Trinajstić information content (AvgIpc) is 3.38. The average molecular weight is 704 g/mol. The van der Waals surface area contributed by atoms with Crippen LogP contribution in [0.25, 0.3) is 0 Å². The number of aliphatic hydroxyl groups is 1. The molecule has 0 spiro atoms. The van der Waals surface area contributed by atoms with E-state index in [9.17, 15) is 27.5 Å². The van der Waals surface area contributed by atoms with Gasteiger partial charge in [-0.1, -0.05) is 12.1 Å². The van der Waals surface area contributed by atoms with Crippen LogP contribution in [-0.2, 0) is 14.8 Å². The second-order valence-corrected chi connectivity index (χ2v) is 14.6. The Kier molecular flexibility index (Phi) is 12.8. The quantitative estimate of drug-likeness (QED) is 0.287. The number of nitrogens with zero attached hydrogens (tertiary/aromatic N) is 3. The molecule has 15 heteroatoms. The van der Waals surface area contributed by atoms with E-state index in [-0.39, 0.29) is 36.3 Å². The molecule has 2 aromatic carbocycles. The van der Waals surface area contributed by atoms with E-state index >= 15 is 0 Å². The number of carbonyl (C=O) groups is 2. The van der Waals surface area contributed by atoms with Gasteiger partial charge in [-0.05, 0) is 89.4 Å². The molecule has 2 heterocycles. The van der Waals surface area contributed by atoms with Crippen molar-refractivity contribution in [2.24, 2.45) is 5.92 Å². The molecule has 3 aromatic rings. The molecule has 1 aliphatic heterocycles. The number of hydrogen-bond donors (Lipinski definition) is 3. The van der Waals surface area contributed by atoms with Crippen LogP contribution in [0.1, 0.15) is 61.8 Å². The first kappa shape index (κ1) is 37.8. The van der Waals surface area contributed by atoms with Crippen LogP contribution in [0, 0.1) is 25.6 Å². The number of amides is 3. The molecule has 49 heavy (non-hydrogen) atoms. The fraction of sp³-hybridized carbons (Fsp3) is 0.500. The number of fused-ring (bicyclic) bond motifs is 1. The second-order valence-electron chi connectivity index (χ2n) is 12.5. The van der Waals surface area contributed by atoms with Gasteiger partial charge in [0.1, 0.15) is 22.9 Å². The van der Waals surface area contributed by atoms with Gasteiger partial charge in [-0.15, -0.1) is 0 Å². The summed E-state index contributed by atoms with van der Waals surface area (Å²) in [5.41, 5.74) is 1.46. The third-order valence-corrected chi connectivity index (χ3v) is 10.4. The summed E-state index contributed by atoms with van der Waals surface area (Å²) >= 11 is 0. The van der Waals surface area contributed by atoms with E-state index in [1.807, 2.05) is 13.8 Å². The SMILES string of the molecule is Cc1noc(C)c1NC(=O)Nc1ccc2c(c1)C(=O)N([C@@H](C)CO)C[C@@H](C)[C@H](CN(C)S(=O)(=O)c1ccc(F)cc1)OCCCC[C@H](C)O2. The molecule has 0 radical (unpaired) electrons. The molecule has 13 nitrogen and oxygen atoms in total. The number of hydrogen-bond acceptors (Lipinski definition) is 9. The summed E-state index contributed by atoms with van der Waals surface area (Å²) in [4.78, 5) is 28.7. The number of rotatable bonds is 8. The smallest absolute Gasteiger partial charge is 0.323 e. The number of halogens is 1. The Labute approximate surface area is 286 Å². The Morgan fingerprint density at radius 3 is 2.51 bits per heavy atom. The van der Waals surface area contributed by atoms with E-state index < -0.39 is 45.8 Å². The molecule has 0 saturated heterocycles. The van der Waals surface area contributed by atoms with E-state index in [2.05, 4.69) is 15.8 Å². The highest BCUT2D eigenvalue weighted by Crippen LogP contribution is 2.29. The molecule has 0 fully saturated rings. The lowest BCUT2D eigenvalue weighted by Crippen LogP contribution is -2.48. The third-order valence-electron chi connectivity index (χ3n) is 8.54. The topological polar surface area (TPSA) is 164 Å². The fourth-order valence-corrected chi connectivity index (χ4v) is 6.72. The van der Waals surface area contributed by atoms with Gasteiger partial charge >= 0.3 is 6.03 Å². The molecule has 0 bridgehead atoms. The number of aliphatic hydroxyl groups excluding tert-OH is 1. The number of carbonyl (C=O) groups excluding carboxylic acids is 2. The van der Waals surface area contributed by atoms with Gasteiger partial charge in [0.2, 0.25) is 10.0 Å². The van der Waals surface area contributed by atoms with E-state index in [1.54, 1.807) is 32.9 Å². The number of aromatic nitrogens is 1. The Balaban J connectivity index is 1.63. The maximum Gasteiger partial charge on any atom is 0.323 e. The summed E-state index contributed by atoms with van der Waals surface area (Å²) in [6, 6.07) is 8.22. The van der Waals surface area contributed by atoms with Crippen molar-refractivity contribution in [1.29, 1.82) is 0 Å². The number of ether oxygens (including phenoxy) is 2. The summed E-state index contributed by atoms with van der Waals surface area (Å²) in [5.74, 6) is -0.617. The first-order valence-corrected chi connectivity index (χ1v) is 17.7. The minimum atomic E-state index is -3.97. The summed E-state index contributed by atoms with van der Waals surface area (Å²) in [6.07, 6.45) is 1.22. The fourth-order valence-electron chi connectivity index (χ4n) is 5.54. The van der Waals surface area contributed by atoms with Crippen molar-refractivity contribution in [3.63, 3.8) is 0 Å². The minimum absolute atomic E-state index is 0.0270. The van der Waals surface area contributed by atoms with Crippen molar-refractivity contribution < 1.29 is 41.5 Å². The van der Waals surface area contributed by atoms with Gasteiger partial charge in [0, 0.05) is 38.3 Å². The standard InChI is InChI=1S/C34H46FN5O8S/c1-21-18-40(22(2)20-41)33(42)29-17-27(36-34(43)37-32-24(4)38-48-25(32)5)12-15-30(29)47-23(3)9-7-8-16-46-31(21)19-39(6)49(44,45)28-13-10-26(35)11-14-28/h10-15,17,21-23,31,41H,7-9,16,18-20H2,1-6H3,(H2,36,37,43)/t21-,22+,23+,31+/m1/s1. The van der Waals surface area contributed by atoms with Crippen molar-refractivity contribution in [2.45, 2.75) is 77.0 Å².